The Morgan fingerprint density at radius 3 is 2.52 bits per heavy atom. The monoisotopic (exact) mass is 404 g/mol. The number of hydrogen-bond donors (Lipinski definition) is 2. The summed E-state index contributed by atoms with van der Waals surface area (Å²) in [5.41, 5.74) is 1.21. The highest BCUT2D eigenvalue weighted by atomic mass is 32.2. The molecule has 1 aromatic rings. The van der Waals surface area contributed by atoms with Crippen LogP contribution in [0, 0.1) is 0 Å². The second-order valence-corrected chi connectivity index (χ2v) is 8.51. The molecule has 0 spiro atoms. The van der Waals surface area contributed by atoms with Crippen LogP contribution in [0.15, 0.2) is 41.1 Å². The maximum atomic E-state index is 12.5. The number of rotatable bonds is 4. The summed E-state index contributed by atoms with van der Waals surface area (Å²) in [6, 6.07) is 4.64. The van der Waals surface area contributed by atoms with E-state index < -0.39 is 22.2 Å². The van der Waals surface area contributed by atoms with Crippen molar-refractivity contribution in [3.8, 4) is 5.75 Å². The van der Waals surface area contributed by atoms with Gasteiger partial charge >= 0.3 is 12.3 Å². The van der Waals surface area contributed by atoms with Crippen molar-refractivity contribution in [3.05, 3.63) is 36.0 Å². The number of nitrogens with one attached hydrogen (secondary N) is 2. The lowest BCUT2D eigenvalue weighted by Gasteiger charge is -2.11. The Bertz CT molecular complexity index is 908. The maximum absolute atomic E-state index is 12.5. The van der Waals surface area contributed by atoms with Gasteiger partial charge in [0.15, 0.2) is 9.84 Å². The normalized spacial score (nSPS) is 26.3. The van der Waals surface area contributed by atoms with E-state index in [0.717, 1.165) is 12.1 Å². The van der Waals surface area contributed by atoms with Gasteiger partial charge in [-0.3, -0.25) is 0 Å². The minimum atomic E-state index is -4.76. The van der Waals surface area contributed by atoms with Gasteiger partial charge in [-0.25, -0.2) is 13.2 Å². The van der Waals surface area contributed by atoms with Crippen LogP contribution in [-0.4, -0.2) is 43.9 Å². The van der Waals surface area contributed by atoms with Gasteiger partial charge in [-0.15, -0.1) is 18.2 Å². The molecule has 0 aromatic heterocycles. The molecular formula is C16H17F3N3O4S+. The van der Waals surface area contributed by atoms with E-state index in [4.69, 9.17) is 0 Å². The fourth-order valence-corrected chi connectivity index (χ4v) is 4.71. The molecule has 11 heteroatoms. The number of carbonyl (C=O) groups is 1. The van der Waals surface area contributed by atoms with Crippen LogP contribution >= 0.6 is 0 Å². The van der Waals surface area contributed by atoms with Crippen molar-refractivity contribution in [1.82, 2.24) is 0 Å². The van der Waals surface area contributed by atoms with Crippen LogP contribution < -0.4 is 15.1 Å². The van der Waals surface area contributed by atoms with Crippen LogP contribution in [0.2, 0.25) is 0 Å². The molecule has 0 aliphatic carbocycles. The van der Waals surface area contributed by atoms with Crippen molar-refractivity contribution in [2.24, 2.45) is 5.10 Å². The third-order valence-electron chi connectivity index (χ3n) is 4.25. The van der Waals surface area contributed by atoms with Crippen molar-refractivity contribution >= 4 is 27.1 Å². The van der Waals surface area contributed by atoms with Crippen molar-refractivity contribution in [3.63, 3.8) is 0 Å². The molecule has 1 fully saturated rings. The molecule has 0 radical (unpaired) electrons. The lowest BCUT2D eigenvalue weighted by Crippen LogP contribution is -3.13. The standard InChI is InChI=1S/C16H16F3N3O4S/c1-10-14(15(23)22(21-10)12-6-7-27(24,25)9-12)8-20-11-2-4-13(5-3-11)26-16(17,18)19/h2-5,8,12,20H,6-7,9H2,1H3/p+1/b14-8+/t12-/m0/s1. The lowest BCUT2D eigenvalue weighted by atomic mass is 10.1. The van der Waals surface area contributed by atoms with Gasteiger partial charge in [0.2, 0.25) is 0 Å². The molecule has 2 aliphatic rings. The molecule has 2 N–H and O–H groups in total. The number of halogens is 3. The molecule has 1 unspecified atom stereocenters. The fraction of sp³-hybridized carbons (Fsp3) is 0.375. The second-order valence-electron chi connectivity index (χ2n) is 6.29. The molecule has 1 saturated heterocycles. The molecule has 146 valence electrons. The van der Waals surface area contributed by atoms with E-state index in [0.29, 0.717) is 23.4 Å². The van der Waals surface area contributed by atoms with E-state index >= 15 is 0 Å². The smallest absolute Gasteiger partial charge is 0.406 e. The maximum Gasteiger partial charge on any atom is 0.573 e. The molecule has 2 atom stereocenters. The SMILES string of the molecule is CC1=N[NH+]([C@H]2CCS(=O)(=O)C2)C(=O)/C1=C/Nc1ccc(OC(F)(F)F)cc1. The number of anilines is 1. The Kier molecular flexibility index (Phi) is 5.00. The third kappa shape index (κ3) is 4.66. The molecule has 3 rings (SSSR count). The van der Waals surface area contributed by atoms with Gasteiger partial charge in [-0.05, 0) is 31.2 Å². The number of nitrogens with zero attached hydrogens (tertiary/aromatic N) is 1. The van der Waals surface area contributed by atoms with E-state index in [1.54, 1.807) is 6.92 Å². The molecule has 1 aromatic carbocycles. The molecular weight excluding hydrogens is 387 g/mol. The van der Waals surface area contributed by atoms with Crippen molar-refractivity contribution in [1.29, 1.82) is 0 Å². The highest BCUT2D eigenvalue weighted by Crippen LogP contribution is 2.24. The Balaban J connectivity index is 1.67. The first-order valence-electron chi connectivity index (χ1n) is 8.04. The van der Waals surface area contributed by atoms with Crippen molar-refractivity contribution in [2.75, 3.05) is 16.8 Å². The number of quaternary nitrogens is 1. The van der Waals surface area contributed by atoms with Gasteiger partial charge in [-0.2, -0.15) is 0 Å². The minimum Gasteiger partial charge on any atom is -0.406 e. The number of hydrogen-bond acceptors (Lipinski definition) is 6. The van der Waals surface area contributed by atoms with Gasteiger partial charge in [0.1, 0.15) is 28.8 Å². The first kappa shape index (κ1) is 19.4. The van der Waals surface area contributed by atoms with Crippen molar-refractivity contribution in [2.45, 2.75) is 25.7 Å². The summed E-state index contributed by atoms with van der Waals surface area (Å²) in [4.78, 5) is 12.5. The van der Waals surface area contributed by atoms with Gasteiger partial charge < -0.3 is 10.1 Å². The van der Waals surface area contributed by atoms with E-state index in [2.05, 4.69) is 15.2 Å². The fourth-order valence-electron chi connectivity index (χ4n) is 2.96. The highest BCUT2D eigenvalue weighted by molar-refractivity contribution is 7.91. The summed E-state index contributed by atoms with van der Waals surface area (Å²) in [5.74, 6) is -0.716. The topological polar surface area (TPSA) is 89.3 Å². The Labute approximate surface area is 153 Å². The number of amides is 1. The largest absolute Gasteiger partial charge is 0.573 e. The van der Waals surface area contributed by atoms with Crippen LogP contribution in [0.4, 0.5) is 18.9 Å². The molecule has 0 saturated carbocycles. The molecule has 7 nitrogen and oxygen atoms in total. The summed E-state index contributed by atoms with van der Waals surface area (Å²) in [6.45, 7) is 1.64. The number of sulfone groups is 1. The van der Waals surface area contributed by atoms with E-state index in [9.17, 15) is 26.4 Å². The van der Waals surface area contributed by atoms with Crippen LogP contribution in [0.1, 0.15) is 13.3 Å². The average molecular weight is 404 g/mol. The molecule has 2 aliphatic heterocycles. The molecule has 1 amide bonds. The van der Waals surface area contributed by atoms with E-state index in [1.807, 2.05) is 0 Å². The first-order chi connectivity index (χ1) is 12.5. The zero-order valence-corrected chi connectivity index (χ0v) is 15.0. The van der Waals surface area contributed by atoms with Crippen LogP contribution in [0.3, 0.4) is 0 Å². The van der Waals surface area contributed by atoms with Crippen molar-refractivity contribution < 1.29 is 36.1 Å². The Hall–Kier alpha value is -2.40. The quantitative estimate of drug-likeness (QED) is 0.727. The Morgan fingerprint density at radius 2 is 1.96 bits per heavy atom. The lowest BCUT2D eigenvalue weighted by molar-refractivity contribution is -0.846. The van der Waals surface area contributed by atoms with Gasteiger partial charge in [0.05, 0.1) is 5.75 Å². The van der Waals surface area contributed by atoms with Crippen LogP contribution in [0.5, 0.6) is 5.75 Å². The van der Waals surface area contributed by atoms with Crippen LogP contribution in [-0.2, 0) is 14.6 Å². The molecule has 2 heterocycles. The zero-order chi connectivity index (χ0) is 19.8. The second kappa shape index (κ2) is 6.97. The Morgan fingerprint density at radius 1 is 1.30 bits per heavy atom. The van der Waals surface area contributed by atoms with E-state index in [1.165, 1.54) is 18.3 Å². The third-order valence-corrected chi connectivity index (χ3v) is 6.01. The van der Waals surface area contributed by atoms with Gasteiger partial charge in [0.25, 0.3) is 0 Å². The van der Waals surface area contributed by atoms with Gasteiger partial charge in [0, 0.05) is 18.3 Å². The number of benzene rings is 1. The summed E-state index contributed by atoms with van der Waals surface area (Å²) < 4.78 is 63.5. The summed E-state index contributed by atoms with van der Waals surface area (Å²) in [5, 5.41) is 7.31. The minimum absolute atomic E-state index is 0.0483. The van der Waals surface area contributed by atoms with E-state index in [-0.39, 0.29) is 28.2 Å². The zero-order valence-electron chi connectivity index (χ0n) is 14.2. The molecule has 27 heavy (non-hydrogen) atoms. The predicted octanol–water partition coefficient (Wildman–Crippen LogP) is 0.869. The number of ether oxygens (including phenoxy) is 1. The molecule has 0 bridgehead atoms. The number of alkyl halides is 3. The highest BCUT2D eigenvalue weighted by Gasteiger charge is 2.44. The van der Waals surface area contributed by atoms with Gasteiger partial charge in [-0.1, -0.05) is 5.10 Å². The summed E-state index contributed by atoms with van der Waals surface area (Å²) in [6.07, 6.45) is -2.97. The first-order valence-corrected chi connectivity index (χ1v) is 9.86. The number of carbonyl (C=O) groups excluding carboxylic acids is 1. The average Bonchev–Trinajstić information content (AvgIpc) is 3.05. The summed E-state index contributed by atoms with van der Waals surface area (Å²) >= 11 is 0. The summed E-state index contributed by atoms with van der Waals surface area (Å²) in [7, 11) is -3.13. The van der Waals surface area contributed by atoms with Crippen LogP contribution in [0.25, 0.3) is 0 Å². The predicted molar refractivity (Wildman–Crippen MR) is 91.0 cm³/mol.